The second-order valence-corrected chi connectivity index (χ2v) is 8.56. The van der Waals surface area contributed by atoms with Crippen LogP contribution in [0.3, 0.4) is 0 Å². The Morgan fingerprint density at radius 2 is 1.94 bits per heavy atom. The molecule has 10 heteroatoms. The van der Waals surface area contributed by atoms with E-state index >= 15 is 0 Å². The first-order chi connectivity index (χ1) is 15.2. The Bertz CT molecular complexity index is 1100. The number of thioether (sulfide) groups is 1. The normalized spacial score (nSPS) is 12.1. The molecule has 2 heterocycles. The molecule has 0 spiro atoms. The minimum Gasteiger partial charge on any atom is -0.454 e. The maximum atomic E-state index is 12.1. The van der Waals surface area contributed by atoms with Crippen molar-refractivity contribution in [3.63, 3.8) is 0 Å². The van der Waals surface area contributed by atoms with E-state index in [9.17, 15) is 9.59 Å². The van der Waals surface area contributed by atoms with E-state index in [4.69, 9.17) is 9.47 Å². The summed E-state index contributed by atoms with van der Waals surface area (Å²) in [6.07, 6.45) is 3.08. The second kappa shape index (κ2) is 10.1. The van der Waals surface area contributed by atoms with Crippen LogP contribution < -0.4 is 20.1 Å². The lowest BCUT2D eigenvalue weighted by atomic mass is 10.2. The molecule has 3 aromatic rings. The van der Waals surface area contributed by atoms with Crippen LogP contribution in [0.25, 0.3) is 6.08 Å². The maximum absolute atomic E-state index is 12.1. The third kappa shape index (κ3) is 6.06. The lowest BCUT2D eigenvalue weighted by Gasteiger charge is -2.03. The Morgan fingerprint density at radius 3 is 2.81 bits per heavy atom. The van der Waals surface area contributed by atoms with E-state index in [1.54, 1.807) is 18.2 Å². The van der Waals surface area contributed by atoms with Crippen LogP contribution in [-0.2, 0) is 16.1 Å². The van der Waals surface area contributed by atoms with E-state index in [0.717, 1.165) is 11.1 Å². The smallest absolute Gasteiger partial charge is 0.250 e. The fourth-order valence-corrected chi connectivity index (χ4v) is 4.21. The highest BCUT2D eigenvalue weighted by atomic mass is 32.2. The first kappa shape index (κ1) is 20.9. The summed E-state index contributed by atoms with van der Waals surface area (Å²) < 4.78 is 11.2. The molecule has 31 heavy (non-hydrogen) atoms. The van der Waals surface area contributed by atoms with Crippen LogP contribution in [-0.4, -0.2) is 34.6 Å². The number of carbonyl (C=O) groups is 2. The van der Waals surface area contributed by atoms with Gasteiger partial charge in [-0.3, -0.25) is 14.9 Å². The van der Waals surface area contributed by atoms with Gasteiger partial charge in [0.05, 0.1) is 5.75 Å². The molecule has 0 aliphatic carbocycles. The van der Waals surface area contributed by atoms with Crippen LogP contribution in [0.5, 0.6) is 11.5 Å². The molecule has 0 fully saturated rings. The van der Waals surface area contributed by atoms with Crippen molar-refractivity contribution in [1.82, 2.24) is 15.5 Å². The Hall–Kier alpha value is -3.37. The average molecular weight is 455 g/mol. The zero-order chi connectivity index (χ0) is 21.5. The molecule has 0 saturated heterocycles. The van der Waals surface area contributed by atoms with Gasteiger partial charge in [0.15, 0.2) is 15.8 Å². The number of hydrogen-bond donors (Lipinski definition) is 2. The fourth-order valence-electron chi connectivity index (χ4n) is 2.63. The summed E-state index contributed by atoms with van der Waals surface area (Å²) in [5, 5.41) is 13.8. The summed E-state index contributed by atoms with van der Waals surface area (Å²) >= 11 is 2.48. The van der Waals surface area contributed by atoms with Crippen molar-refractivity contribution >= 4 is 46.1 Å². The number of anilines is 1. The molecule has 2 aromatic carbocycles. The number of nitrogens with zero attached hydrogens (tertiary/aromatic N) is 2. The van der Waals surface area contributed by atoms with Crippen LogP contribution in [0.2, 0.25) is 0 Å². The Labute approximate surface area is 186 Å². The molecule has 0 radical (unpaired) electrons. The van der Waals surface area contributed by atoms with Gasteiger partial charge >= 0.3 is 0 Å². The van der Waals surface area contributed by atoms with Crippen molar-refractivity contribution in [3.05, 3.63) is 65.7 Å². The van der Waals surface area contributed by atoms with E-state index < -0.39 is 0 Å². The van der Waals surface area contributed by atoms with Crippen molar-refractivity contribution in [2.24, 2.45) is 0 Å². The lowest BCUT2D eigenvalue weighted by Crippen LogP contribution is -2.24. The topological polar surface area (TPSA) is 102 Å². The number of hydrogen-bond acceptors (Lipinski definition) is 8. The van der Waals surface area contributed by atoms with Gasteiger partial charge < -0.3 is 14.8 Å². The minimum atomic E-state index is -0.328. The highest BCUT2D eigenvalue weighted by Gasteiger charge is 2.13. The van der Waals surface area contributed by atoms with Crippen LogP contribution >= 0.6 is 23.1 Å². The van der Waals surface area contributed by atoms with Crippen LogP contribution in [0, 0.1) is 0 Å². The molecule has 0 saturated carbocycles. The van der Waals surface area contributed by atoms with Crippen LogP contribution in [0.15, 0.2) is 58.9 Å². The first-order valence-electron chi connectivity index (χ1n) is 9.31. The third-order valence-electron chi connectivity index (χ3n) is 4.12. The van der Waals surface area contributed by atoms with E-state index in [1.807, 2.05) is 36.4 Å². The standard InChI is InChI=1S/C21H18N4O4S2/c26-18(9-7-14-6-8-16-17(10-14)29-13-28-16)23-20-24-25-21(31-20)30-12-19(27)22-11-15-4-2-1-3-5-15/h1-10H,11-13H2,(H,22,27)(H,23,24,26)/b9-7+. The molecule has 0 atom stereocenters. The van der Waals surface area contributed by atoms with E-state index in [1.165, 1.54) is 29.2 Å². The Balaban J connectivity index is 1.22. The van der Waals surface area contributed by atoms with Gasteiger partial charge in [-0.1, -0.05) is 59.5 Å². The molecule has 1 aliphatic heterocycles. The molecule has 2 N–H and O–H groups in total. The van der Waals surface area contributed by atoms with Gasteiger partial charge in [0, 0.05) is 12.6 Å². The summed E-state index contributed by atoms with van der Waals surface area (Å²) in [6, 6.07) is 15.1. The Kier molecular flexibility index (Phi) is 6.80. The van der Waals surface area contributed by atoms with E-state index in [0.29, 0.717) is 27.5 Å². The largest absolute Gasteiger partial charge is 0.454 e. The number of nitrogens with one attached hydrogen (secondary N) is 2. The second-order valence-electron chi connectivity index (χ2n) is 6.36. The lowest BCUT2D eigenvalue weighted by molar-refractivity contribution is -0.118. The molecule has 8 nitrogen and oxygen atoms in total. The highest BCUT2D eigenvalue weighted by molar-refractivity contribution is 8.01. The molecule has 0 unspecified atom stereocenters. The first-order valence-corrected chi connectivity index (χ1v) is 11.1. The minimum absolute atomic E-state index is 0.0960. The van der Waals surface area contributed by atoms with Crippen molar-refractivity contribution in [2.45, 2.75) is 10.9 Å². The number of fused-ring (bicyclic) bond motifs is 1. The van der Waals surface area contributed by atoms with Gasteiger partial charge in [-0.05, 0) is 29.3 Å². The van der Waals surface area contributed by atoms with Gasteiger partial charge in [-0.25, -0.2) is 0 Å². The molecule has 4 rings (SSSR count). The maximum Gasteiger partial charge on any atom is 0.250 e. The number of aromatic nitrogens is 2. The molecule has 0 bridgehead atoms. The monoisotopic (exact) mass is 454 g/mol. The number of amides is 2. The summed E-state index contributed by atoms with van der Waals surface area (Å²) in [4.78, 5) is 24.1. The summed E-state index contributed by atoms with van der Waals surface area (Å²) in [5.41, 5.74) is 1.85. The molecule has 158 valence electrons. The van der Waals surface area contributed by atoms with Crippen molar-refractivity contribution < 1.29 is 19.1 Å². The Morgan fingerprint density at radius 1 is 1.10 bits per heavy atom. The summed E-state index contributed by atoms with van der Waals surface area (Å²) in [7, 11) is 0. The van der Waals surface area contributed by atoms with Gasteiger partial charge in [0.25, 0.3) is 0 Å². The van der Waals surface area contributed by atoms with Crippen molar-refractivity contribution in [2.75, 3.05) is 17.9 Å². The SMILES string of the molecule is O=C(/C=C/c1ccc2c(c1)OCO2)Nc1nnc(SCC(=O)NCc2ccccc2)s1. The molecule has 1 aliphatic rings. The zero-order valence-electron chi connectivity index (χ0n) is 16.2. The predicted molar refractivity (Wildman–Crippen MR) is 119 cm³/mol. The molecule has 1 aromatic heterocycles. The number of benzene rings is 2. The molecule has 2 amide bonds. The molecular weight excluding hydrogens is 436 g/mol. The van der Waals surface area contributed by atoms with E-state index in [2.05, 4.69) is 20.8 Å². The fraction of sp³-hybridized carbons (Fsp3) is 0.143. The van der Waals surface area contributed by atoms with Gasteiger partial charge in [-0.15, -0.1) is 10.2 Å². The summed E-state index contributed by atoms with van der Waals surface area (Å²) in [5.74, 6) is 1.14. The van der Waals surface area contributed by atoms with Crippen molar-refractivity contribution in [1.29, 1.82) is 0 Å². The predicted octanol–water partition coefficient (Wildman–Crippen LogP) is 3.33. The average Bonchev–Trinajstić information content (AvgIpc) is 3.44. The quantitative estimate of drug-likeness (QED) is 0.306. The van der Waals surface area contributed by atoms with Crippen LogP contribution in [0.4, 0.5) is 5.13 Å². The number of ether oxygens (including phenoxy) is 2. The van der Waals surface area contributed by atoms with Gasteiger partial charge in [-0.2, -0.15) is 0 Å². The van der Waals surface area contributed by atoms with Gasteiger partial charge in [0.2, 0.25) is 23.7 Å². The number of carbonyl (C=O) groups excluding carboxylic acids is 2. The van der Waals surface area contributed by atoms with E-state index in [-0.39, 0.29) is 24.4 Å². The highest BCUT2D eigenvalue weighted by Crippen LogP contribution is 2.32. The van der Waals surface area contributed by atoms with Crippen LogP contribution in [0.1, 0.15) is 11.1 Å². The third-order valence-corrected chi connectivity index (χ3v) is 6.09. The number of rotatable bonds is 8. The van der Waals surface area contributed by atoms with Gasteiger partial charge in [0.1, 0.15) is 0 Å². The zero-order valence-corrected chi connectivity index (χ0v) is 17.9. The van der Waals surface area contributed by atoms with Crippen molar-refractivity contribution in [3.8, 4) is 11.5 Å². The molecular formula is C21H18N4O4S2. The summed E-state index contributed by atoms with van der Waals surface area (Å²) in [6.45, 7) is 0.683.